The molecule has 0 aliphatic heterocycles. The first-order valence-electron chi connectivity index (χ1n) is 6.19. The lowest BCUT2D eigenvalue weighted by Crippen LogP contribution is -2.17. The number of benzene rings is 1. The summed E-state index contributed by atoms with van der Waals surface area (Å²) in [5.74, 6) is -0.267. The first-order chi connectivity index (χ1) is 10.3. The molecular weight excluding hydrogens is 310 g/mol. The van der Waals surface area contributed by atoms with Gasteiger partial charge >= 0.3 is 0 Å². The predicted octanol–water partition coefficient (Wildman–Crippen LogP) is 1.95. The Bertz CT molecular complexity index is 856. The van der Waals surface area contributed by atoms with Crippen LogP contribution in [0.2, 0.25) is 0 Å². The van der Waals surface area contributed by atoms with Crippen LogP contribution < -0.4 is 10.3 Å². The molecule has 0 unspecified atom stereocenters. The van der Waals surface area contributed by atoms with Gasteiger partial charge < -0.3 is 14.8 Å². The van der Waals surface area contributed by atoms with Gasteiger partial charge in [-0.2, -0.15) is 0 Å². The number of aromatic amines is 2. The number of H-pyrrole nitrogens is 2. The average Bonchev–Trinajstić information content (AvgIpc) is 2.43. The van der Waals surface area contributed by atoms with E-state index in [-0.39, 0.29) is 33.9 Å². The fourth-order valence-corrected chi connectivity index (χ4v) is 2.32. The Morgan fingerprint density at radius 3 is 2.64 bits per heavy atom. The molecule has 1 aromatic heterocycles. The Labute approximate surface area is 129 Å². The van der Waals surface area contributed by atoms with E-state index in [0.29, 0.717) is 11.3 Å². The summed E-state index contributed by atoms with van der Waals surface area (Å²) < 4.78 is 5.12. The van der Waals surface area contributed by atoms with Crippen LogP contribution in [-0.2, 0) is 6.42 Å². The minimum Gasteiger partial charge on any atom is -0.504 e. The molecule has 0 spiro atoms. The van der Waals surface area contributed by atoms with Gasteiger partial charge in [0.15, 0.2) is 16.3 Å². The third kappa shape index (κ3) is 2.98. The maximum Gasteiger partial charge on any atom is 0.273 e. The van der Waals surface area contributed by atoms with Crippen molar-refractivity contribution in [2.75, 3.05) is 7.11 Å². The van der Waals surface area contributed by atoms with Gasteiger partial charge in [0, 0.05) is 29.3 Å². The number of phenolic OH excluding ortho intramolecular Hbond substituents is 1. The number of nitrogens with one attached hydrogen (secondary N) is 2. The number of methoxy groups -OCH3 is 1. The van der Waals surface area contributed by atoms with Crippen LogP contribution in [0.1, 0.15) is 16.8 Å². The Morgan fingerprint density at radius 1 is 1.41 bits per heavy atom. The maximum absolute atomic E-state index is 12.0. The monoisotopic (exact) mass is 323 g/mol. The van der Waals surface area contributed by atoms with Gasteiger partial charge in [-0.1, -0.05) is 0 Å². The van der Waals surface area contributed by atoms with Crippen molar-refractivity contribution in [1.29, 1.82) is 0 Å². The third-order valence-corrected chi connectivity index (χ3v) is 3.40. The van der Waals surface area contributed by atoms with Crippen LogP contribution in [0.15, 0.2) is 16.9 Å². The molecule has 3 N–H and O–H groups in total. The normalized spacial score (nSPS) is 10.5. The molecule has 0 fully saturated rings. The molecule has 0 saturated carbocycles. The van der Waals surface area contributed by atoms with E-state index < -0.39 is 10.5 Å². The van der Waals surface area contributed by atoms with E-state index in [4.69, 9.17) is 17.0 Å². The molecule has 116 valence electrons. The second kappa shape index (κ2) is 5.98. The molecule has 0 atom stereocenters. The highest BCUT2D eigenvalue weighted by atomic mass is 32.1. The summed E-state index contributed by atoms with van der Waals surface area (Å²) in [6.45, 7) is 1.66. The van der Waals surface area contributed by atoms with Crippen molar-refractivity contribution in [1.82, 2.24) is 9.97 Å². The molecule has 2 aromatic rings. The summed E-state index contributed by atoms with van der Waals surface area (Å²) in [5, 5.41) is 21.0. The van der Waals surface area contributed by atoms with E-state index in [1.54, 1.807) is 6.92 Å². The molecule has 0 saturated heterocycles. The molecule has 0 aliphatic carbocycles. The van der Waals surface area contributed by atoms with Gasteiger partial charge in [-0.25, -0.2) is 0 Å². The zero-order valence-electron chi connectivity index (χ0n) is 11.8. The van der Waals surface area contributed by atoms with Gasteiger partial charge in [0.05, 0.1) is 18.1 Å². The Morgan fingerprint density at radius 2 is 2.09 bits per heavy atom. The number of hydrogen-bond acceptors (Lipinski definition) is 6. The van der Waals surface area contributed by atoms with Gasteiger partial charge in [0.2, 0.25) is 0 Å². The predicted molar refractivity (Wildman–Crippen MR) is 81.1 cm³/mol. The lowest BCUT2D eigenvalue weighted by Gasteiger charge is -2.10. The molecule has 0 amide bonds. The van der Waals surface area contributed by atoms with Crippen LogP contribution in [0.4, 0.5) is 5.69 Å². The molecule has 8 nitrogen and oxygen atoms in total. The summed E-state index contributed by atoms with van der Waals surface area (Å²) in [5.41, 5.74) is 0.420. The standard InChI is InChI=1S/C13H13N3O5S/c1-6-9(12(18)15-13(22)14-6)4-7-3-8(16(19)20)5-10(21-2)11(7)17/h3,5,17H,4H2,1-2H3,(H2,14,15,18,22). The maximum atomic E-state index is 12.0. The second-order valence-electron chi connectivity index (χ2n) is 4.60. The number of hydrogen-bond donors (Lipinski definition) is 3. The Hall–Kier alpha value is -2.68. The van der Waals surface area contributed by atoms with E-state index in [0.717, 1.165) is 6.07 Å². The highest BCUT2D eigenvalue weighted by Gasteiger charge is 2.18. The van der Waals surface area contributed by atoms with E-state index in [2.05, 4.69) is 9.97 Å². The number of phenols is 1. The van der Waals surface area contributed by atoms with E-state index in [9.17, 15) is 20.0 Å². The summed E-state index contributed by atoms with van der Waals surface area (Å²) >= 11 is 4.86. The highest BCUT2D eigenvalue weighted by Crippen LogP contribution is 2.35. The number of aromatic hydroxyl groups is 1. The summed E-state index contributed by atoms with van der Waals surface area (Å²) in [6.07, 6.45) is -0.00282. The van der Waals surface area contributed by atoms with Crippen LogP contribution in [0, 0.1) is 21.8 Å². The lowest BCUT2D eigenvalue weighted by molar-refractivity contribution is -0.385. The average molecular weight is 323 g/mol. The number of aromatic nitrogens is 2. The second-order valence-corrected chi connectivity index (χ2v) is 5.01. The number of nitro groups is 1. The summed E-state index contributed by atoms with van der Waals surface area (Å²) in [7, 11) is 1.29. The Kier molecular flexibility index (Phi) is 4.27. The van der Waals surface area contributed by atoms with Gasteiger partial charge in [0.25, 0.3) is 11.2 Å². The van der Waals surface area contributed by atoms with E-state index in [1.165, 1.54) is 13.2 Å². The SMILES string of the molecule is COc1cc([N+](=O)[O-])cc(Cc2c(C)[nH]c(=S)[nH]c2=O)c1O. The first kappa shape index (κ1) is 15.7. The van der Waals surface area contributed by atoms with Gasteiger partial charge in [-0.15, -0.1) is 0 Å². The van der Waals surface area contributed by atoms with Crippen molar-refractivity contribution in [2.24, 2.45) is 0 Å². The number of aryl methyl sites for hydroxylation is 1. The smallest absolute Gasteiger partial charge is 0.273 e. The van der Waals surface area contributed by atoms with Gasteiger partial charge in [-0.05, 0) is 19.1 Å². The van der Waals surface area contributed by atoms with Crippen molar-refractivity contribution in [3.63, 3.8) is 0 Å². The quantitative estimate of drug-likeness (QED) is 0.449. The number of rotatable bonds is 4. The number of nitro benzene ring substituents is 1. The third-order valence-electron chi connectivity index (χ3n) is 3.19. The van der Waals surface area contributed by atoms with E-state index >= 15 is 0 Å². The summed E-state index contributed by atoms with van der Waals surface area (Å²) in [4.78, 5) is 27.5. The molecule has 1 heterocycles. The molecule has 22 heavy (non-hydrogen) atoms. The van der Waals surface area contributed by atoms with Crippen molar-refractivity contribution >= 4 is 17.9 Å². The highest BCUT2D eigenvalue weighted by molar-refractivity contribution is 7.71. The van der Waals surface area contributed by atoms with Gasteiger partial charge in [-0.3, -0.25) is 19.9 Å². The van der Waals surface area contributed by atoms with Crippen LogP contribution in [0.25, 0.3) is 0 Å². The number of nitrogens with zero attached hydrogens (tertiary/aromatic N) is 1. The molecule has 0 aliphatic rings. The van der Waals surface area contributed by atoms with Crippen LogP contribution >= 0.6 is 12.2 Å². The topological polar surface area (TPSA) is 121 Å². The van der Waals surface area contributed by atoms with Crippen LogP contribution in [0.5, 0.6) is 11.5 Å². The number of non-ortho nitro benzene ring substituents is 1. The largest absolute Gasteiger partial charge is 0.504 e. The van der Waals surface area contributed by atoms with Crippen LogP contribution in [0.3, 0.4) is 0 Å². The van der Waals surface area contributed by atoms with Crippen molar-refractivity contribution in [3.05, 3.63) is 54.2 Å². The summed E-state index contributed by atoms with van der Waals surface area (Å²) in [6, 6.07) is 2.33. The molecule has 0 radical (unpaired) electrons. The molecule has 9 heteroatoms. The van der Waals surface area contributed by atoms with E-state index in [1.807, 2.05) is 0 Å². The van der Waals surface area contributed by atoms with Gasteiger partial charge in [0.1, 0.15) is 0 Å². The zero-order chi connectivity index (χ0) is 16.4. The van der Waals surface area contributed by atoms with Crippen molar-refractivity contribution < 1.29 is 14.8 Å². The van der Waals surface area contributed by atoms with Crippen molar-refractivity contribution in [2.45, 2.75) is 13.3 Å². The van der Waals surface area contributed by atoms with Crippen molar-refractivity contribution in [3.8, 4) is 11.5 Å². The molecule has 2 rings (SSSR count). The minimum atomic E-state index is -0.596. The fourth-order valence-electron chi connectivity index (χ4n) is 2.07. The van der Waals surface area contributed by atoms with Crippen LogP contribution in [-0.4, -0.2) is 27.1 Å². The molecular formula is C13H13N3O5S. The minimum absolute atomic E-state index is 0.00282. The molecule has 1 aromatic carbocycles. The number of ether oxygens (including phenoxy) is 1. The first-order valence-corrected chi connectivity index (χ1v) is 6.60. The Balaban J connectivity index is 2.59. The zero-order valence-corrected chi connectivity index (χ0v) is 12.6. The fraction of sp³-hybridized carbons (Fsp3) is 0.231. The molecule has 0 bridgehead atoms. The lowest BCUT2D eigenvalue weighted by atomic mass is 10.0.